The molecule has 240 valence electrons. The smallest absolute Gasteiger partial charge is 0.266 e. The highest BCUT2D eigenvalue weighted by molar-refractivity contribution is 7.99. The summed E-state index contributed by atoms with van der Waals surface area (Å²) in [4.78, 5) is 71.2. The lowest BCUT2D eigenvalue weighted by atomic mass is 10.0. The quantitative estimate of drug-likeness (QED) is 0.117. The SMILES string of the molecule is O=C(c1ccc(Sc2ccc3c(c2)C(=O)N(c2ccccc2)C3=O)cc1)c1ccc(Sc2ccc3c(c2)C(=O)N(c2ccccc2)C3=O)cc1. The van der Waals surface area contributed by atoms with Crippen LogP contribution in [0.4, 0.5) is 11.4 Å². The van der Waals surface area contributed by atoms with E-state index in [1.54, 1.807) is 97.1 Å². The van der Waals surface area contributed by atoms with E-state index in [-0.39, 0.29) is 29.4 Å². The molecule has 9 heteroatoms. The van der Waals surface area contributed by atoms with Gasteiger partial charge in [0.05, 0.1) is 33.6 Å². The Bertz CT molecular complexity index is 2190. The lowest BCUT2D eigenvalue weighted by molar-refractivity contribution is 0.0910. The van der Waals surface area contributed by atoms with Crippen molar-refractivity contribution in [3.63, 3.8) is 0 Å². The molecule has 8 rings (SSSR count). The topological polar surface area (TPSA) is 91.8 Å². The van der Waals surface area contributed by atoms with Gasteiger partial charge in [-0.2, -0.15) is 0 Å². The van der Waals surface area contributed by atoms with Gasteiger partial charge in [-0.3, -0.25) is 24.0 Å². The predicted octanol–water partition coefficient (Wildman–Crippen LogP) is 8.82. The number of hydrogen-bond acceptors (Lipinski definition) is 7. The fourth-order valence-electron chi connectivity index (χ4n) is 5.98. The summed E-state index contributed by atoms with van der Waals surface area (Å²) in [5.74, 6) is -1.50. The number of anilines is 2. The molecule has 0 saturated carbocycles. The van der Waals surface area contributed by atoms with E-state index in [0.717, 1.165) is 19.6 Å². The Morgan fingerprint density at radius 2 is 0.720 bits per heavy atom. The number of para-hydroxylation sites is 2. The molecule has 0 fully saturated rings. The van der Waals surface area contributed by atoms with Crippen molar-refractivity contribution < 1.29 is 24.0 Å². The molecule has 0 radical (unpaired) electrons. The first-order valence-corrected chi connectivity index (χ1v) is 17.3. The Kier molecular flexibility index (Phi) is 7.99. The van der Waals surface area contributed by atoms with Crippen molar-refractivity contribution in [3.8, 4) is 0 Å². The van der Waals surface area contributed by atoms with Crippen LogP contribution in [0.2, 0.25) is 0 Å². The maximum Gasteiger partial charge on any atom is 0.266 e. The van der Waals surface area contributed by atoms with Gasteiger partial charge in [-0.1, -0.05) is 59.9 Å². The van der Waals surface area contributed by atoms with Gasteiger partial charge >= 0.3 is 0 Å². The molecule has 0 saturated heterocycles. The first-order chi connectivity index (χ1) is 24.4. The third kappa shape index (κ3) is 5.62. The minimum Gasteiger partial charge on any atom is -0.289 e. The van der Waals surface area contributed by atoms with Gasteiger partial charge in [0.25, 0.3) is 23.6 Å². The number of hydrogen-bond donors (Lipinski definition) is 0. The van der Waals surface area contributed by atoms with Crippen molar-refractivity contribution >= 4 is 64.3 Å². The number of carbonyl (C=O) groups excluding carboxylic acids is 5. The second kappa shape index (κ2) is 12.8. The Balaban J connectivity index is 0.922. The minimum absolute atomic E-state index is 0.122. The van der Waals surface area contributed by atoms with Crippen LogP contribution >= 0.6 is 23.5 Å². The average Bonchev–Trinajstić information content (AvgIpc) is 3.55. The second-order valence-electron chi connectivity index (χ2n) is 11.6. The summed E-state index contributed by atoms with van der Waals surface area (Å²) >= 11 is 2.88. The van der Waals surface area contributed by atoms with E-state index >= 15 is 0 Å². The lowest BCUT2D eigenvalue weighted by Gasteiger charge is -2.13. The monoisotopic (exact) mass is 688 g/mol. The largest absolute Gasteiger partial charge is 0.289 e. The van der Waals surface area contributed by atoms with Crippen LogP contribution in [-0.2, 0) is 0 Å². The highest BCUT2D eigenvalue weighted by Crippen LogP contribution is 2.36. The molecule has 0 unspecified atom stereocenters. The molecule has 2 heterocycles. The van der Waals surface area contributed by atoms with Crippen LogP contribution in [0.3, 0.4) is 0 Å². The second-order valence-corrected chi connectivity index (χ2v) is 13.9. The fourth-order valence-corrected chi connectivity index (χ4v) is 7.69. The zero-order valence-electron chi connectivity index (χ0n) is 26.1. The van der Waals surface area contributed by atoms with Gasteiger partial charge in [-0.25, -0.2) is 9.80 Å². The highest BCUT2D eigenvalue weighted by Gasteiger charge is 2.38. The van der Waals surface area contributed by atoms with Crippen molar-refractivity contribution in [3.05, 3.63) is 179 Å². The number of nitrogens with zero attached hydrogens (tertiary/aromatic N) is 2. The number of carbonyl (C=O) groups is 5. The van der Waals surface area contributed by atoms with E-state index in [1.807, 2.05) is 48.5 Å². The average molecular weight is 689 g/mol. The normalized spacial score (nSPS) is 13.5. The number of rotatable bonds is 8. The molecular formula is C41H24N2O5S2. The van der Waals surface area contributed by atoms with E-state index in [4.69, 9.17) is 0 Å². The first kappa shape index (κ1) is 31.3. The summed E-state index contributed by atoms with van der Waals surface area (Å²) in [5.41, 5.74) is 3.63. The van der Waals surface area contributed by atoms with E-state index < -0.39 is 0 Å². The van der Waals surface area contributed by atoms with Crippen molar-refractivity contribution in [1.82, 2.24) is 0 Å². The van der Waals surface area contributed by atoms with Crippen LogP contribution in [0.15, 0.2) is 165 Å². The molecular weight excluding hydrogens is 665 g/mol. The molecule has 0 atom stereocenters. The van der Waals surface area contributed by atoms with Gasteiger partial charge in [-0.05, 0) is 109 Å². The minimum atomic E-state index is -0.349. The molecule has 6 aromatic carbocycles. The molecule has 0 spiro atoms. The maximum absolute atomic E-state index is 13.3. The lowest BCUT2D eigenvalue weighted by Crippen LogP contribution is -2.29. The fraction of sp³-hybridized carbons (Fsp3) is 0. The van der Waals surface area contributed by atoms with Crippen LogP contribution in [0, 0.1) is 0 Å². The van der Waals surface area contributed by atoms with Gasteiger partial charge in [0, 0.05) is 30.7 Å². The van der Waals surface area contributed by atoms with E-state index in [9.17, 15) is 24.0 Å². The van der Waals surface area contributed by atoms with Crippen LogP contribution in [0.25, 0.3) is 0 Å². The standard InChI is InChI=1S/C41H24N2O5S2/c44-37(25-11-15-29(16-12-25)49-31-19-21-33-35(23-31)40(47)42(38(33)45)27-7-3-1-4-8-27)26-13-17-30(18-14-26)50-32-20-22-34-36(24-32)41(48)43(39(34)46)28-9-5-2-6-10-28/h1-24H. The molecule has 50 heavy (non-hydrogen) atoms. The molecule has 4 amide bonds. The Morgan fingerprint density at radius 1 is 0.380 bits per heavy atom. The molecule has 2 aliphatic rings. The highest BCUT2D eigenvalue weighted by atomic mass is 32.2. The summed E-state index contributed by atoms with van der Waals surface area (Å²) in [5, 5.41) is 0. The summed E-state index contributed by atoms with van der Waals surface area (Å²) in [6, 6.07) is 42.8. The van der Waals surface area contributed by atoms with Crippen molar-refractivity contribution in [2.75, 3.05) is 9.80 Å². The summed E-state index contributed by atoms with van der Waals surface area (Å²) < 4.78 is 0. The molecule has 0 aliphatic carbocycles. The van der Waals surface area contributed by atoms with Gasteiger partial charge in [0.2, 0.25) is 0 Å². The zero-order chi connectivity index (χ0) is 34.4. The third-order valence-corrected chi connectivity index (χ3v) is 10.4. The number of ketones is 1. The Labute approximate surface area is 295 Å². The van der Waals surface area contributed by atoms with E-state index in [2.05, 4.69) is 0 Å². The maximum atomic E-state index is 13.3. The van der Waals surface area contributed by atoms with Crippen LogP contribution in [0.5, 0.6) is 0 Å². The summed E-state index contributed by atoms with van der Waals surface area (Å²) in [6.45, 7) is 0. The van der Waals surface area contributed by atoms with Gasteiger partial charge < -0.3 is 0 Å². The van der Waals surface area contributed by atoms with E-state index in [0.29, 0.717) is 44.8 Å². The molecule has 0 bridgehead atoms. The van der Waals surface area contributed by atoms with Crippen molar-refractivity contribution in [1.29, 1.82) is 0 Å². The summed E-state index contributed by atoms with van der Waals surface area (Å²) in [7, 11) is 0. The van der Waals surface area contributed by atoms with Gasteiger partial charge in [0.15, 0.2) is 5.78 Å². The first-order valence-electron chi connectivity index (χ1n) is 15.6. The van der Waals surface area contributed by atoms with Crippen LogP contribution in [-0.4, -0.2) is 29.4 Å². The van der Waals surface area contributed by atoms with Gasteiger partial charge in [-0.15, -0.1) is 0 Å². The predicted molar refractivity (Wildman–Crippen MR) is 193 cm³/mol. The zero-order valence-corrected chi connectivity index (χ0v) is 27.7. The van der Waals surface area contributed by atoms with E-state index in [1.165, 1.54) is 33.3 Å². The van der Waals surface area contributed by atoms with Crippen molar-refractivity contribution in [2.24, 2.45) is 0 Å². The van der Waals surface area contributed by atoms with Crippen LogP contribution in [0.1, 0.15) is 57.4 Å². The number of amides is 4. The number of imide groups is 2. The number of benzene rings is 6. The van der Waals surface area contributed by atoms with Crippen molar-refractivity contribution in [2.45, 2.75) is 19.6 Å². The third-order valence-electron chi connectivity index (χ3n) is 8.45. The molecule has 7 nitrogen and oxygen atoms in total. The Morgan fingerprint density at radius 3 is 1.10 bits per heavy atom. The van der Waals surface area contributed by atoms with Crippen LogP contribution < -0.4 is 9.80 Å². The molecule has 2 aliphatic heterocycles. The molecule has 6 aromatic rings. The number of fused-ring (bicyclic) bond motifs is 2. The molecule has 0 aromatic heterocycles. The van der Waals surface area contributed by atoms with Gasteiger partial charge in [0.1, 0.15) is 0 Å². The molecule has 0 N–H and O–H groups in total. The summed E-state index contributed by atoms with van der Waals surface area (Å²) in [6.07, 6.45) is 0. The Hall–Kier alpha value is -6.03.